The Bertz CT molecular complexity index is 381. The largest absolute Gasteiger partial charge is 0.399 e. The second-order valence-electron chi connectivity index (χ2n) is 4.29. The topological polar surface area (TPSA) is 33.0 Å². The van der Waals surface area contributed by atoms with Gasteiger partial charge in [-0.25, -0.2) is 0 Å². The van der Waals surface area contributed by atoms with E-state index in [-0.39, 0.29) is 0 Å². The first-order valence-electron chi connectivity index (χ1n) is 4.75. The lowest BCUT2D eigenvalue weighted by Crippen LogP contribution is -2.27. The van der Waals surface area contributed by atoms with E-state index in [0.29, 0.717) is 5.02 Å². The van der Waals surface area contributed by atoms with Gasteiger partial charge < -0.3 is 4.43 Å². The second-order valence-corrected chi connectivity index (χ2v) is 9.19. The Kier molecular flexibility index (Phi) is 3.92. The molecule has 1 atom stereocenters. The summed E-state index contributed by atoms with van der Waals surface area (Å²) in [5, 5.41) is 9.67. The molecule has 0 aromatic heterocycles. The molecule has 0 spiro atoms. The highest BCUT2D eigenvalue weighted by atomic mass is 35.5. The summed E-state index contributed by atoms with van der Waals surface area (Å²) in [6.07, 6.45) is -0.504. The Morgan fingerprint density at radius 1 is 1.40 bits per heavy atom. The Morgan fingerprint density at radius 2 is 2.07 bits per heavy atom. The first-order valence-corrected chi connectivity index (χ1v) is 8.54. The number of nitrogens with zero attached hydrogens (tertiary/aromatic N) is 1. The fourth-order valence-electron chi connectivity index (χ4n) is 1.19. The molecule has 80 valence electrons. The van der Waals surface area contributed by atoms with Gasteiger partial charge in [-0.05, 0) is 37.3 Å². The van der Waals surface area contributed by atoms with E-state index in [1.807, 2.05) is 12.1 Å². The molecule has 1 aromatic carbocycles. The van der Waals surface area contributed by atoms with Crippen LogP contribution < -0.4 is 0 Å². The molecular weight excluding hydrogens is 226 g/mol. The molecule has 0 heterocycles. The van der Waals surface area contributed by atoms with Crippen LogP contribution in [0.4, 0.5) is 0 Å². The van der Waals surface area contributed by atoms with E-state index in [9.17, 15) is 0 Å². The average Bonchev–Trinajstić information content (AvgIpc) is 2.13. The Hall–Kier alpha value is -0.823. The molecule has 1 rings (SSSR count). The van der Waals surface area contributed by atoms with Crippen LogP contribution >= 0.6 is 11.6 Å². The molecular formula is C11H14ClNOSi. The van der Waals surface area contributed by atoms with Gasteiger partial charge in [-0.2, -0.15) is 5.26 Å². The van der Waals surface area contributed by atoms with Crippen LogP contribution in [0.2, 0.25) is 24.7 Å². The van der Waals surface area contributed by atoms with Gasteiger partial charge in [0.15, 0.2) is 14.4 Å². The SMILES string of the molecule is C[Si](C)(C)O[C@H](C#N)c1cccc(Cl)c1. The van der Waals surface area contributed by atoms with E-state index < -0.39 is 14.4 Å². The lowest BCUT2D eigenvalue weighted by Gasteiger charge is -2.21. The minimum Gasteiger partial charge on any atom is -0.399 e. The van der Waals surface area contributed by atoms with Crippen LogP contribution in [0.15, 0.2) is 24.3 Å². The zero-order valence-corrected chi connectivity index (χ0v) is 10.9. The van der Waals surface area contributed by atoms with E-state index in [0.717, 1.165) is 5.56 Å². The van der Waals surface area contributed by atoms with Crippen molar-refractivity contribution in [1.82, 2.24) is 0 Å². The first-order chi connectivity index (χ1) is 6.92. The Labute approximate surface area is 96.6 Å². The summed E-state index contributed by atoms with van der Waals surface area (Å²) in [7, 11) is -1.71. The van der Waals surface area contributed by atoms with Gasteiger partial charge in [0.25, 0.3) is 0 Å². The van der Waals surface area contributed by atoms with Crippen LogP contribution in [-0.4, -0.2) is 8.32 Å². The Morgan fingerprint density at radius 3 is 2.53 bits per heavy atom. The molecule has 2 nitrogen and oxygen atoms in total. The van der Waals surface area contributed by atoms with E-state index in [2.05, 4.69) is 25.7 Å². The summed E-state index contributed by atoms with van der Waals surface area (Å²) in [6.45, 7) is 6.17. The van der Waals surface area contributed by atoms with Crippen LogP contribution in [0.25, 0.3) is 0 Å². The van der Waals surface area contributed by atoms with E-state index in [4.69, 9.17) is 21.3 Å². The molecule has 0 bridgehead atoms. The molecule has 0 aliphatic carbocycles. The number of halogens is 1. The van der Waals surface area contributed by atoms with Gasteiger partial charge in [0.1, 0.15) is 0 Å². The summed E-state index contributed by atoms with van der Waals surface area (Å²) in [5.41, 5.74) is 0.826. The minimum absolute atomic E-state index is 0.504. The number of hydrogen-bond acceptors (Lipinski definition) is 2. The normalized spacial score (nSPS) is 13.3. The lowest BCUT2D eigenvalue weighted by molar-refractivity contribution is 0.255. The molecule has 0 aliphatic heterocycles. The van der Waals surface area contributed by atoms with Crippen molar-refractivity contribution in [3.05, 3.63) is 34.9 Å². The van der Waals surface area contributed by atoms with Crippen LogP contribution in [-0.2, 0) is 4.43 Å². The highest BCUT2D eigenvalue weighted by Gasteiger charge is 2.22. The zero-order chi connectivity index (χ0) is 11.5. The van der Waals surface area contributed by atoms with Gasteiger partial charge in [-0.15, -0.1) is 0 Å². The molecule has 1 aromatic rings. The monoisotopic (exact) mass is 239 g/mol. The molecule has 15 heavy (non-hydrogen) atoms. The van der Waals surface area contributed by atoms with Crippen LogP contribution in [0, 0.1) is 11.3 Å². The van der Waals surface area contributed by atoms with Gasteiger partial charge in [0.2, 0.25) is 0 Å². The third kappa shape index (κ3) is 4.04. The lowest BCUT2D eigenvalue weighted by atomic mass is 10.1. The summed E-state index contributed by atoms with van der Waals surface area (Å²) >= 11 is 5.86. The maximum absolute atomic E-state index is 9.04. The first kappa shape index (κ1) is 12.2. The quantitative estimate of drug-likeness (QED) is 0.753. The third-order valence-electron chi connectivity index (χ3n) is 1.74. The number of nitriles is 1. The Balaban J connectivity index is 2.90. The van der Waals surface area contributed by atoms with Crippen LogP contribution in [0.1, 0.15) is 11.7 Å². The van der Waals surface area contributed by atoms with E-state index >= 15 is 0 Å². The number of rotatable bonds is 3. The minimum atomic E-state index is -1.71. The summed E-state index contributed by atoms with van der Waals surface area (Å²) in [4.78, 5) is 0. The summed E-state index contributed by atoms with van der Waals surface area (Å²) < 4.78 is 5.75. The third-order valence-corrected chi connectivity index (χ3v) is 2.92. The molecule has 4 heteroatoms. The smallest absolute Gasteiger partial charge is 0.186 e. The molecule has 0 aliphatic rings. The van der Waals surface area contributed by atoms with Crippen molar-refractivity contribution in [3.8, 4) is 6.07 Å². The highest BCUT2D eigenvalue weighted by molar-refractivity contribution is 6.69. The van der Waals surface area contributed by atoms with Gasteiger partial charge in [-0.1, -0.05) is 23.7 Å². The van der Waals surface area contributed by atoms with Crippen molar-refractivity contribution in [1.29, 1.82) is 5.26 Å². The van der Waals surface area contributed by atoms with Crippen LogP contribution in [0.3, 0.4) is 0 Å². The van der Waals surface area contributed by atoms with Gasteiger partial charge in [-0.3, -0.25) is 0 Å². The predicted molar refractivity (Wildman–Crippen MR) is 64.2 cm³/mol. The average molecular weight is 240 g/mol. The van der Waals surface area contributed by atoms with E-state index in [1.165, 1.54) is 0 Å². The molecule has 0 saturated heterocycles. The fraction of sp³-hybridized carbons (Fsp3) is 0.364. The van der Waals surface area contributed by atoms with Crippen molar-refractivity contribution in [2.75, 3.05) is 0 Å². The molecule has 0 fully saturated rings. The maximum atomic E-state index is 9.04. The van der Waals surface area contributed by atoms with Crippen molar-refractivity contribution in [2.45, 2.75) is 25.7 Å². The van der Waals surface area contributed by atoms with Crippen molar-refractivity contribution >= 4 is 19.9 Å². The van der Waals surface area contributed by atoms with Crippen LogP contribution in [0.5, 0.6) is 0 Å². The second kappa shape index (κ2) is 4.80. The van der Waals surface area contributed by atoms with Crippen molar-refractivity contribution in [3.63, 3.8) is 0 Å². The highest BCUT2D eigenvalue weighted by Crippen LogP contribution is 2.23. The van der Waals surface area contributed by atoms with Gasteiger partial charge >= 0.3 is 0 Å². The summed E-state index contributed by atoms with van der Waals surface area (Å²) in [5.74, 6) is 0. The summed E-state index contributed by atoms with van der Waals surface area (Å²) in [6, 6.07) is 9.41. The molecule has 0 N–H and O–H groups in total. The number of benzene rings is 1. The fourth-order valence-corrected chi connectivity index (χ4v) is 2.29. The zero-order valence-electron chi connectivity index (χ0n) is 9.12. The number of hydrogen-bond donors (Lipinski definition) is 0. The molecule has 0 unspecified atom stereocenters. The van der Waals surface area contributed by atoms with E-state index in [1.54, 1.807) is 12.1 Å². The molecule has 0 radical (unpaired) electrons. The molecule has 0 amide bonds. The van der Waals surface area contributed by atoms with Crippen molar-refractivity contribution in [2.24, 2.45) is 0 Å². The maximum Gasteiger partial charge on any atom is 0.186 e. The van der Waals surface area contributed by atoms with Gasteiger partial charge in [0, 0.05) is 5.02 Å². The van der Waals surface area contributed by atoms with Crippen molar-refractivity contribution < 1.29 is 4.43 Å². The predicted octanol–water partition coefficient (Wildman–Crippen LogP) is 3.76. The standard InChI is InChI=1S/C11H14ClNOSi/c1-15(2,3)14-11(8-13)9-5-4-6-10(12)7-9/h4-7,11H,1-3H3/t11-/m1/s1. The van der Waals surface area contributed by atoms with Gasteiger partial charge in [0.05, 0.1) is 6.07 Å². The molecule has 0 saturated carbocycles.